The molecule has 0 fully saturated rings. The van der Waals surface area contributed by atoms with Crippen molar-refractivity contribution in [1.82, 2.24) is 0 Å². The van der Waals surface area contributed by atoms with Crippen LogP contribution in [0.2, 0.25) is 0 Å². The summed E-state index contributed by atoms with van der Waals surface area (Å²) >= 11 is 0. The van der Waals surface area contributed by atoms with Crippen molar-refractivity contribution in [2.24, 2.45) is 10.7 Å². The van der Waals surface area contributed by atoms with E-state index in [1.54, 1.807) is 6.20 Å². The number of nitrogens with two attached hydrogens (primary N) is 1. The molecule has 0 saturated heterocycles. The molecule has 0 bridgehead atoms. The lowest BCUT2D eigenvalue weighted by Crippen LogP contribution is -2.55. The van der Waals surface area contributed by atoms with Gasteiger partial charge in [-0.15, -0.1) is 0 Å². The van der Waals surface area contributed by atoms with Crippen LogP contribution in [0.25, 0.3) is 0 Å². The highest BCUT2D eigenvalue weighted by Crippen LogP contribution is 2.20. The van der Waals surface area contributed by atoms with Crippen molar-refractivity contribution in [3.63, 3.8) is 0 Å². The van der Waals surface area contributed by atoms with E-state index in [1.807, 2.05) is 6.20 Å². The van der Waals surface area contributed by atoms with Crippen molar-refractivity contribution in [2.45, 2.75) is 39.0 Å². The number of carbonyl (C=O) groups excluding carboxylic acids is 1. The molecule has 0 aromatic heterocycles. The second-order valence-electron chi connectivity index (χ2n) is 4.73. The summed E-state index contributed by atoms with van der Waals surface area (Å²) < 4.78 is 0.241. The first kappa shape index (κ1) is 14.9. The number of carbonyl (C=O) groups is 1. The van der Waals surface area contributed by atoms with E-state index in [9.17, 15) is 9.90 Å². The SMILES string of the molecule is CCCCCCC1=NC=C[N+]1(CCN)CC(=O)[O-]. The Morgan fingerprint density at radius 1 is 1.44 bits per heavy atom. The molecule has 0 aromatic rings. The highest BCUT2D eigenvalue weighted by Gasteiger charge is 2.34. The van der Waals surface area contributed by atoms with Gasteiger partial charge in [-0.05, 0) is 6.42 Å². The van der Waals surface area contributed by atoms with Crippen LogP contribution < -0.4 is 10.8 Å². The summed E-state index contributed by atoms with van der Waals surface area (Å²) in [5.74, 6) is -0.156. The predicted octanol–water partition coefficient (Wildman–Crippen LogP) is 0.366. The number of unbranched alkanes of at least 4 members (excludes halogenated alkanes) is 3. The van der Waals surface area contributed by atoms with E-state index >= 15 is 0 Å². The highest BCUT2D eigenvalue weighted by molar-refractivity contribution is 5.80. The van der Waals surface area contributed by atoms with Crippen molar-refractivity contribution < 1.29 is 14.4 Å². The van der Waals surface area contributed by atoms with Gasteiger partial charge in [-0.2, -0.15) is 0 Å². The minimum atomic E-state index is -1.06. The molecule has 1 aliphatic rings. The van der Waals surface area contributed by atoms with Gasteiger partial charge in [-0.25, -0.2) is 9.48 Å². The van der Waals surface area contributed by atoms with Gasteiger partial charge in [0.1, 0.15) is 19.3 Å². The van der Waals surface area contributed by atoms with Crippen LogP contribution in [-0.4, -0.2) is 35.9 Å². The molecule has 1 aliphatic heterocycles. The Kier molecular flexibility index (Phi) is 6.01. The van der Waals surface area contributed by atoms with Gasteiger partial charge in [0.25, 0.3) is 0 Å². The number of nitrogens with zero attached hydrogens (tertiary/aromatic N) is 2. The standard InChI is InChI=1S/C13H23N3O2/c1-2-3-4-5-6-12-15-8-10-16(12,9-7-14)11-13(17)18/h8,10H,2-7,9,11,14H2,1H3. The lowest BCUT2D eigenvalue weighted by atomic mass is 10.1. The Labute approximate surface area is 109 Å². The van der Waals surface area contributed by atoms with Crippen LogP contribution in [0.1, 0.15) is 39.0 Å². The van der Waals surface area contributed by atoms with Crippen molar-refractivity contribution >= 4 is 11.8 Å². The first-order valence-corrected chi connectivity index (χ1v) is 6.66. The smallest absolute Gasteiger partial charge is 0.207 e. The quantitative estimate of drug-likeness (QED) is 0.476. The average molecular weight is 253 g/mol. The normalized spacial score (nSPS) is 22.2. The number of hydrogen-bond donors (Lipinski definition) is 1. The van der Waals surface area contributed by atoms with Crippen LogP contribution in [0.5, 0.6) is 0 Å². The number of carboxylic acid groups (broad SMARTS) is 1. The summed E-state index contributed by atoms with van der Waals surface area (Å²) in [4.78, 5) is 15.2. The minimum Gasteiger partial charge on any atom is -0.544 e. The Balaban J connectivity index is 2.61. The molecule has 0 aromatic carbocycles. The monoisotopic (exact) mass is 253 g/mol. The molecule has 1 rings (SSSR count). The summed E-state index contributed by atoms with van der Waals surface area (Å²) in [6.45, 7) is 3.10. The summed E-state index contributed by atoms with van der Waals surface area (Å²) in [7, 11) is 0. The third-order valence-electron chi connectivity index (χ3n) is 3.28. The van der Waals surface area contributed by atoms with E-state index in [0.29, 0.717) is 13.1 Å². The molecule has 5 heteroatoms. The van der Waals surface area contributed by atoms with Crippen LogP contribution in [0.3, 0.4) is 0 Å². The molecule has 5 nitrogen and oxygen atoms in total. The predicted molar refractivity (Wildman–Crippen MR) is 69.4 cm³/mol. The topological polar surface area (TPSA) is 78.5 Å². The Morgan fingerprint density at radius 3 is 2.83 bits per heavy atom. The summed E-state index contributed by atoms with van der Waals surface area (Å²) in [5.41, 5.74) is 5.59. The molecule has 0 amide bonds. The zero-order valence-electron chi connectivity index (χ0n) is 11.1. The number of quaternary nitrogens is 1. The maximum absolute atomic E-state index is 10.9. The maximum atomic E-state index is 10.9. The average Bonchev–Trinajstić information content (AvgIpc) is 2.67. The van der Waals surface area contributed by atoms with Crippen molar-refractivity contribution in [2.75, 3.05) is 19.6 Å². The largest absolute Gasteiger partial charge is 0.544 e. The van der Waals surface area contributed by atoms with Crippen LogP contribution in [0, 0.1) is 0 Å². The lowest BCUT2D eigenvalue weighted by molar-refractivity contribution is -0.780. The van der Waals surface area contributed by atoms with E-state index in [0.717, 1.165) is 25.1 Å². The Hall–Kier alpha value is -1.20. The summed E-state index contributed by atoms with van der Waals surface area (Å²) in [6.07, 6.45) is 8.94. The number of amidine groups is 1. The van der Waals surface area contributed by atoms with Crippen molar-refractivity contribution in [1.29, 1.82) is 0 Å². The van der Waals surface area contributed by atoms with Gasteiger partial charge in [-0.3, -0.25) is 0 Å². The third-order valence-corrected chi connectivity index (χ3v) is 3.28. The first-order valence-electron chi connectivity index (χ1n) is 6.66. The molecule has 0 saturated carbocycles. The van der Waals surface area contributed by atoms with Crippen LogP contribution >= 0.6 is 0 Å². The molecule has 1 heterocycles. The maximum Gasteiger partial charge on any atom is 0.207 e. The van der Waals surface area contributed by atoms with Gasteiger partial charge < -0.3 is 15.6 Å². The van der Waals surface area contributed by atoms with E-state index < -0.39 is 5.97 Å². The fourth-order valence-corrected chi connectivity index (χ4v) is 2.33. The van der Waals surface area contributed by atoms with Gasteiger partial charge >= 0.3 is 0 Å². The molecule has 2 N–H and O–H groups in total. The number of aliphatic imine (C=N–C) groups is 1. The van der Waals surface area contributed by atoms with E-state index in [2.05, 4.69) is 11.9 Å². The summed E-state index contributed by atoms with van der Waals surface area (Å²) in [6, 6.07) is 0. The second kappa shape index (κ2) is 7.28. The number of carboxylic acids is 1. The zero-order chi connectivity index (χ0) is 13.4. The highest BCUT2D eigenvalue weighted by atomic mass is 16.4. The van der Waals surface area contributed by atoms with Crippen molar-refractivity contribution in [3.05, 3.63) is 12.4 Å². The first-order chi connectivity index (χ1) is 8.64. The molecule has 18 heavy (non-hydrogen) atoms. The van der Waals surface area contributed by atoms with Gasteiger partial charge in [0.15, 0.2) is 0 Å². The third kappa shape index (κ3) is 3.92. The van der Waals surface area contributed by atoms with Crippen LogP contribution in [-0.2, 0) is 4.79 Å². The minimum absolute atomic E-state index is 0.0691. The van der Waals surface area contributed by atoms with Crippen molar-refractivity contribution in [3.8, 4) is 0 Å². The van der Waals surface area contributed by atoms with Gasteiger partial charge in [-0.1, -0.05) is 26.2 Å². The van der Waals surface area contributed by atoms with E-state index in [1.165, 1.54) is 12.8 Å². The molecule has 1 atom stereocenters. The fourth-order valence-electron chi connectivity index (χ4n) is 2.33. The number of hydrogen-bond acceptors (Lipinski definition) is 4. The molecule has 0 aliphatic carbocycles. The molecule has 0 radical (unpaired) electrons. The molecule has 102 valence electrons. The summed E-state index contributed by atoms with van der Waals surface area (Å²) in [5, 5.41) is 10.9. The molecular weight excluding hydrogens is 230 g/mol. The van der Waals surface area contributed by atoms with Gasteiger partial charge in [0, 0.05) is 13.0 Å². The van der Waals surface area contributed by atoms with E-state index in [-0.39, 0.29) is 11.0 Å². The van der Waals surface area contributed by atoms with Crippen LogP contribution in [0.15, 0.2) is 17.4 Å². The Bertz CT molecular complexity index is 339. The Morgan fingerprint density at radius 2 is 2.22 bits per heavy atom. The number of aliphatic carboxylic acids is 1. The van der Waals surface area contributed by atoms with E-state index in [4.69, 9.17) is 5.73 Å². The van der Waals surface area contributed by atoms with Gasteiger partial charge in [0.2, 0.25) is 5.84 Å². The zero-order valence-corrected chi connectivity index (χ0v) is 11.1. The fraction of sp³-hybridized carbons (Fsp3) is 0.692. The lowest BCUT2D eigenvalue weighted by Gasteiger charge is -2.32. The molecular formula is C13H23N3O2. The molecule has 1 unspecified atom stereocenters. The van der Waals surface area contributed by atoms with Crippen LogP contribution in [0.4, 0.5) is 0 Å². The second-order valence-corrected chi connectivity index (χ2v) is 4.73. The number of rotatable bonds is 9. The molecule has 0 spiro atoms. The van der Waals surface area contributed by atoms with Gasteiger partial charge in [0.05, 0.1) is 12.2 Å².